The van der Waals surface area contributed by atoms with E-state index in [1.54, 1.807) is 12.3 Å². The van der Waals surface area contributed by atoms with Gasteiger partial charge in [-0.2, -0.15) is 13.2 Å². The minimum atomic E-state index is -5.53. The molecule has 30 heavy (non-hydrogen) atoms. The third-order valence-corrected chi connectivity index (χ3v) is 6.26. The molecule has 0 saturated carbocycles. The van der Waals surface area contributed by atoms with Crippen LogP contribution in [-0.2, 0) is 27.7 Å². The number of aromatic nitrogens is 1. The maximum atomic E-state index is 12.9. The monoisotopic (exact) mass is 442 g/mol. The van der Waals surface area contributed by atoms with Crippen LogP contribution in [0.4, 0.5) is 23.7 Å². The fourth-order valence-corrected chi connectivity index (χ4v) is 3.80. The zero-order valence-electron chi connectivity index (χ0n) is 15.6. The van der Waals surface area contributed by atoms with Gasteiger partial charge in [-0.3, -0.25) is 9.78 Å². The summed E-state index contributed by atoms with van der Waals surface area (Å²) in [4.78, 5) is 30.6. The minimum absolute atomic E-state index is 0.0331. The lowest BCUT2D eigenvalue weighted by Crippen LogP contribution is -2.34. The molecule has 1 aliphatic rings. The van der Waals surface area contributed by atoms with Gasteiger partial charge in [0.1, 0.15) is 6.04 Å². The number of carbonyl (C=O) groups excluding carboxylic acids is 2. The summed E-state index contributed by atoms with van der Waals surface area (Å²) in [6.07, 6.45) is 3.08. The average Bonchev–Trinajstić information content (AvgIpc) is 2.91. The smallest absolute Gasteiger partial charge is 0.326 e. The maximum Gasteiger partial charge on any atom is 0.501 e. The summed E-state index contributed by atoms with van der Waals surface area (Å²) in [7, 11) is -5.53. The zero-order chi connectivity index (χ0) is 22.3. The lowest BCUT2D eigenvalue weighted by molar-refractivity contribution is -0.119. The fraction of sp³-hybridized carbons (Fsp3) is 0.278. The molecule has 1 fully saturated rings. The van der Waals surface area contributed by atoms with Crippen molar-refractivity contribution >= 4 is 27.5 Å². The summed E-state index contributed by atoms with van der Waals surface area (Å²) in [5.41, 5.74) is 1.58. The molecule has 0 bridgehead atoms. The Morgan fingerprint density at radius 3 is 2.30 bits per heavy atom. The highest BCUT2D eigenvalue weighted by Crippen LogP contribution is 2.32. The van der Waals surface area contributed by atoms with Crippen LogP contribution in [0.3, 0.4) is 0 Å². The molecule has 2 heterocycles. The Morgan fingerprint density at radius 2 is 1.73 bits per heavy atom. The van der Waals surface area contributed by atoms with E-state index < -0.39 is 38.2 Å². The number of halogens is 3. The van der Waals surface area contributed by atoms with Gasteiger partial charge in [-0.15, -0.1) is 0 Å². The Labute approximate surface area is 170 Å². The van der Waals surface area contributed by atoms with E-state index in [-0.39, 0.29) is 18.8 Å². The van der Waals surface area contributed by atoms with Crippen molar-refractivity contribution in [2.75, 3.05) is 4.90 Å². The largest absolute Gasteiger partial charge is 0.501 e. The Morgan fingerprint density at radius 1 is 1.10 bits per heavy atom. The molecule has 2 aromatic rings. The van der Waals surface area contributed by atoms with E-state index in [0.29, 0.717) is 23.3 Å². The summed E-state index contributed by atoms with van der Waals surface area (Å²) in [6, 6.07) is 3.55. The third kappa shape index (κ3) is 3.63. The Kier molecular flexibility index (Phi) is 5.56. The third-order valence-electron chi connectivity index (χ3n) is 4.76. The van der Waals surface area contributed by atoms with Gasteiger partial charge in [-0.25, -0.2) is 18.1 Å². The van der Waals surface area contributed by atoms with Crippen LogP contribution in [-0.4, -0.2) is 41.8 Å². The number of nitrogens with zero attached hydrogens (tertiary/aromatic N) is 3. The fourth-order valence-electron chi connectivity index (χ4n) is 3.04. The van der Waals surface area contributed by atoms with Crippen molar-refractivity contribution in [3.05, 3.63) is 53.9 Å². The molecule has 3 rings (SSSR count). The molecule has 0 aliphatic carbocycles. The van der Waals surface area contributed by atoms with Crippen LogP contribution >= 0.6 is 0 Å². The number of nitrogens with two attached hydrogens (primary N) is 1. The number of hydrogen-bond donors (Lipinski definition) is 1. The Bertz CT molecular complexity index is 1090. The first-order valence-electron chi connectivity index (χ1n) is 8.67. The van der Waals surface area contributed by atoms with Gasteiger partial charge in [-0.05, 0) is 48.4 Å². The first kappa shape index (κ1) is 21.7. The maximum absolute atomic E-state index is 12.9. The number of alkyl halides is 3. The van der Waals surface area contributed by atoms with Crippen molar-refractivity contribution < 1.29 is 31.2 Å². The number of carbonyl (C=O) groups is 2. The second kappa shape index (κ2) is 7.69. The van der Waals surface area contributed by atoms with E-state index in [2.05, 4.69) is 4.98 Å². The highest BCUT2D eigenvalue weighted by atomic mass is 32.2. The number of urea groups is 1. The van der Waals surface area contributed by atoms with Crippen LogP contribution in [0.1, 0.15) is 18.1 Å². The van der Waals surface area contributed by atoms with Crippen LogP contribution < -0.4 is 10.6 Å². The second-order valence-electron chi connectivity index (χ2n) is 6.55. The number of rotatable bonds is 5. The number of anilines is 1. The molecule has 1 atom stereocenters. The molecule has 1 aliphatic heterocycles. The zero-order valence-corrected chi connectivity index (χ0v) is 16.4. The molecular formula is C18H17F3N4O4S. The van der Waals surface area contributed by atoms with Crippen molar-refractivity contribution in [2.45, 2.75) is 36.5 Å². The normalized spacial score (nSPS) is 17.7. The highest BCUT2D eigenvalue weighted by Gasteiger charge is 2.47. The van der Waals surface area contributed by atoms with Crippen molar-refractivity contribution in [1.29, 1.82) is 0 Å². The second-order valence-corrected chi connectivity index (χ2v) is 8.49. The van der Waals surface area contributed by atoms with E-state index >= 15 is 0 Å². The predicted molar refractivity (Wildman–Crippen MR) is 99.7 cm³/mol. The van der Waals surface area contributed by atoms with Gasteiger partial charge in [0, 0.05) is 25.5 Å². The molecule has 2 N–H and O–H groups in total. The highest BCUT2D eigenvalue weighted by molar-refractivity contribution is 7.92. The van der Waals surface area contributed by atoms with E-state index in [9.17, 15) is 31.2 Å². The molecule has 8 nitrogen and oxygen atoms in total. The van der Waals surface area contributed by atoms with Gasteiger partial charge in [0.05, 0.1) is 10.6 Å². The van der Waals surface area contributed by atoms with Gasteiger partial charge in [0.2, 0.25) is 0 Å². The molecule has 1 aromatic heterocycles. The SMILES string of the molecule is CC1C(=O)N(c2ccc(S(=O)(=O)C(F)(F)F)cc2)C(=O)N1Cc1ccncc1CN. The number of benzene rings is 1. The Hall–Kier alpha value is -2.99. The van der Waals surface area contributed by atoms with Crippen molar-refractivity contribution in [1.82, 2.24) is 9.88 Å². The van der Waals surface area contributed by atoms with Crippen LogP contribution in [0.5, 0.6) is 0 Å². The molecule has 1 aromatic carbocycles. The quantitative estimate of drug-likeness (QED) is 0.710. The molecule has 3 amide bonds. The number of sulfone groups is 1. The van der Waals surface area contributed by atoms with Gasteiger partial charge in [0.25, 0.3) is 15.7 Å². The number of imide groups is 1. The van der Waals surface area contributed by atoms with Crippen LogP contribution in [0.25, 0.3) is 0 Å². The van der Waals surface area contributed by atoms with E-state index in [4.69, 9.17) is 5.73 Å². The van der Waals surface area contributed by atoms with E-state index in [1.807, 2.05) is 0 Å². The van der Waals surface area contributed by atoms with Crippen LogP contribution in [0.15, 0.2) is 47.6 Å². The number of hydrogen-bond acceptors (Lipinski definition) is 6. The average molecular weight is 442 g/mol. The molecule has 1 saturated heterocycles. The van der Waals surface area contributed by atoms with Gasteiger partial charge >= 0.3 is 11.5 Å². The lowest BCUT2D eigenvalue weighted by atomic mass is 10.1. The van der Waals surface area contributed by atoms with E-state index in [0.717, 1.165) is 17.0 Å². The molecular weight excluding hydrogens is 425 g/mol. The van der Waals surface area contributed by atoms with Gasteiger partial charge in [-0.1, -0.05) is 0 Å². The number of amides is 3. The molecule has 0 spiro atoms. The van der Waals surface area contributed by atoms with Crippen molar-refractivity contribution in [3.63, 3.8) is 0 Å². The molecule has 160 valence electrons. The first-order chi connectivity index (χ1) is 14.0. The number of pyridine rings is 1. The summed E-state index contributed by atoms with van der Waals surface area (Å²) in [5, 5.41) is 0. The summed E-state index contributed by atoms with van der Waals surface area (Å²) in [5.74, 6) is -0.588. The minimum Gasteiger partial charge on any atom is -0.326 e. The molecule has 0 radical (unpaired) electrons. The van der Waals surface area contributed by atoms with Crippen LogP contribution in [0.2, 0.25) is 0 Å². The van der Waals surface area contributed by atoms with Crippen molar-refractivity contribution in [2.24, 2.45) is 5.73 Å². The summed E-state index contributed by atoms with van der Waals surface area (Å²) >= 11 is 0. The summed E-state index contributed by atoms with van der Waals surface area (Å²) < 4.78 is 61.0. The Balaban J connectivity index is 1.89. The van der Waals surface area contributed by atoms with Crippen molar-refractivity contribution in [3.8, 4) is 0 Å². The van der Waals surface area contributed by atoms with Gasteiger partial charge < -0.3 is 10.6 Å². The molecule has 1 unspecified atom stereocenters. The molecule has 12 heteroatoms. The van der Waals surface area contributed by atoms with Gasteiger partial charge in [0.15, 0.2) is 0 Å². The lowest BCUT2D eigenvalue weighted by Gasteiger charge is -2.20. The topological polar surface area (TPSA) is 114 Å². The predicted octanol–water partition coefficient (Wildman–Crippen LogP) is 2.19. The first-order valence-corrected chi connectivity index (χ1v) is 10.1. The summed E-state index contributed by atoms with van der Waals surface area (Å²) in [6.45, 7) is 1.79. The standard InChI is InChI=1S/C18H17F3N4O4S/c1-11-16(26)25(14-2-4-15(5-3-14)30(28,29)18(19,20)21)17(27)24(11)10-12-6-7-23-9-13(12)8-22/h2-7,9,11H,8,10,22H2,1H3. The van der Waals surface area contributed by atoms with Crippen LogP contribution in [0, 0.1) is 0 Å². The van der Waals surface area contributed by atoms with E-state index in [1.165, 1.54) is 18.0 Å².